The van der Waals surface area contributed by atoms with E-state index in [9.17, 15) is 14.9 Å². The number of pyridine rings is 1. The summed E-state index contributed by atoms with van der Waals surface area (Å²) in [6.07, 6.45) is 5.40. The van der Waals surface area contributed by atoms with Crippen molar-refractivity contribution in [3.05, 3.63) is 27.8 Å². The van der Waals surface area contributed by atoms with Gasteiger partial charge in [-0.25, -0.2) is 4.98 Å². The number of aromatic nitrogens is 1. The molecule has 2 aromatic heterocycles. The summed E-state index contributed by atoms with van der Waals surface area (Å²) in [4.78, 5) is 26.7. The second kappa shape index (κ2) is 7.77. The van der Waals surface area contributed by atoms with E-state index in [-0.39, 0.29) is 22.6 Å². The molecule has 1 aliphatic carbocycles. The van der Waals surface area contributed by atoms with E-state index in [1.54, 1.807) is 0 Å². The Morgan fingerprint density at radius 2 is 2.20 bits per heavy atom. The lowest BCUT2D eigenvalue weighted by atomic mass is 9.84. The fraction of sp³-hybridized carbons (Fsp3) is 0.529. The highest BCUT2D eigenvalue weighted by molar-refractivity contribution is 7.17. The van der Waals surface area contributed by atoms with Crippen LogP contribution in [0.5, 0.6) is 0 Å². The Morgan fingerprint density at radius 1 is 1.44 bits per heavy atom. The lowest BCUT2D eigenvalue weighted by Gasteiger charge is -2.29. The smallest absolute Gasteiger partial charge is 0.311 e. The molecule has 0 unspecified atom stereocenters. The summed E-state index contributed by atoms with van der Waals surface area (Å²) >= 11 is 1.46. The van der Waals surface area contributed by atoms with Crippen LogP contribution in [0.3, 0.4) is 0 Å². The highest BCUT2D eigenvalue weighted by Crippen LogP contribution is 2.37. The topological polar surface area (TPSA) is 94.4 Å². The molecule has 0 aliphatic heterocycles. The van der Waals surface area contributed by atoms with Gasteiger partial charge in [-0.2, -0.15) is 0 Å². The number of fused-ring (bicyclic) bond motifs is 1. The number of nitrogens with one attached hydrogen (secondary N) is 1. The first kappa shape index (κ1) is 17.6. The SMILES string of the molecule is CCOC(=O)CC1CCC(Nc2c([N+](=O)[O-])cnc3ccsc23)CC1. The maximum Gasteiger partial charge on any atom is 0.311 e. The van der Waals surface area contributed by atoms with Crippen LogP contribution in [-0.2, 0) is 9.53 Å². The Bertz CT molecular complexity index is 768. The highest BCUT2D eigenvalue weighted by Gasteiger charge is 2.27. The third-order valence-corrected chi connectivity index (χ3v) is 5.53. The van der Waals surface area contributed by atoms with E-state index >= 15 is 0 Å². The summed E-state index contributed by atoms with van der Waals surface area (Å²) in [7, 11) is 0. The van der Waals surface area contributed by atoms with E-state index in [2.05, 4.69) is 10.3 Å². The molecule has 0 amide bonds. The maximum absolute atomic E-state index is 11.6. The number of ether oxygens (including phenoxy) is 1. The van der Waals surface area contributed by atoms with E-state index in [0.29, 0.717) is 24.6 Å². The Balaban J connectivity index is 1.67. The van der Waals surface area contributed by atoms with Crippen molar-refractivity contribution in [2.75, 3.05) is 11.9 Å². The van der Waals surface area contributed by atoms with Gasteiger partial charge in [0.2, 0.25) is 0 Å². The van der Waals surface area contributed by atoms with Crippen molar-refractivity contribution in [2.45, 2.75) is 45.1 Å². The van der Waals surface area contributed by atoms with E-state index in [0.717, 1.165) is 35.9 Å². The molecule has 1 fully saturated rings. The number of rotatable bonds is 6. The molecule has 0 saturated heterocycles. The molecule has 2 heterocycles. The molecule has 3 rings (SSSR count). The van der Waals surface area contributed by atoms with Crippen molar-refractivity contribution < 1.29 is 14.5 Å². The molecule has 8 heteroatoms. The van der Waals surface area contributed by atoms with Crippen molar-refractivity contribution in [3.8, 4) is 0 Å². The van der Waals surface area contributed by atoms with Crippen LogP contribution in [0, 0.1) is 16.0 Å². The highest BCUT2D eigenvalue weighted by atomic mass is 32.1. The van der Waals surface area contributed by atoms with Crippen LogP contribution < -0.4 is 5.32 Å². The lowest BCUT2D eigenvalue weighted by Crippen LogP contribution is -2.27. The largest absolute Gasteiger partial charge is 0.466 e. The quantitative estimate of drug-likeness (QED) is 0.471. The molecule has 0 radical (unpaired) electrons. The van der Waals surface area contributed by atoms with E-state index in [1.807, 2.05) is 18.4 Å². The predicted octanol–water partition coefficient (Wildman–Crippen LogP) is 4.13. The second-order valence-corrected chi connectivity index (χ2v) is 7.20. The number of anilines is 1. The molecule has 25 heavy (non-hydrogen) atoms. The monoisotopic (exact) mass is 363 g/mol. The van der Waals surface area contributed by atoms with E-state index < -0.39 is 0 Å². The van der Waals surface area contributed by atoms with Crippen LogP contribution in [-0.4, -0.2) is 28.5 Å². The maximum atomic E-state index is 11.6. The molecular weight excluding hydrogens is 342 g/mol. The fourth-order valence-corrected chi connectivity index (χ4v) is 4.21. The molecule has 1 saturated carbocycles. The number of carbonyl (C=O) groups excluding carboxylic acids is 1. The van der Waals surface area contributed by atoms with Crippen LogP contribution in [0.2, 0.25) is 0 Å². The summed E-state index contributed by atoms with van der Waals surface area (Å²) in [5.41, 5.74) is 1.36. The number of nitro groups is 1. The third kappa shape index (κ3) is 4.07. The zero-order valence-electron chi connectivity index (χ0n) is 14.1. The van der Waals surface area contributed by atoms with Crippen LogP contribution in [0.4, 0.5) is 11.4 Å². The number of esters is 1. The van der Waals surface area contributed by atoms with Gasteiger partial charge >= 0.3 is 11.7 Å². The molecule has 0 aromatic carbocycles. The fourth-order valence-electron chi connectivity index (χ4n) is 3.35. The Kier molecular flexibility index (Phi) is 5.47. The van der Waals surface area contributed by atoms with Crippen molar-refractivity contribution in [1.29, 1.82) is 0 Å². The number of thiophene rings is 1. The summed E-state index contributed by atoms with van der Waals surface area (Å²) in [6.45, 7) is 2.23. The summed E-state index contributed by atoms with van der Waals surface area (Å²) in [6, 6.07) is 2.04. The first-order chi connectivity index (χ1) is 12.1. The number of carbonyl (C=O) groups is 1. The van der Waals surface area contributed by atoms with Gasteiger partial charge in [0.25, 0.3) is 0 Å². The normalized spacial score (nSPS) is 20.4. The van der Waals surface area contributed by atoms with E-state index in [1.165, 1.54) is 17.5 Å². The summed E-state index contributed by atoms with van der Waals surface area (Å²) < 4.78 is 5.84. The average molecular weight is 363 g/mol. The minimum absolute atomic E-state index is 0.0172. The Morgan fingerprint density at radius 3 is 2.88 bits per heavy atom. The molecule has 0 atom stereocenters. The van der Waals surface area contributed by atoms with Crippen LogP contribution >= 0.6 is 11.3 Å². The summed E-state index contributed by atoms with van der Waals surface area (Å²) in [5, 5.41) is 16.6. The van der Waals surface area contributed by atoms with Gasteiger partial charge in [0.15, 0.2) is 0 Å². The Labute approximate surface area is 149 Å². The van der Waals surface area contributed by atoms with Gasteiger partial charge < -0.3 is 10.1 Å². The zero-order valence-corrected chi connectivity index (χ0v) is 14.9. The molecule has 134 valence electrons. The van der Waals surface area contributed by atoms with Crippen molar-refractivity contribution in [2.24, 2.45) is 5.92 Å². The van der Waals surface area contributed by atoms with Gasteiger partial charge in [-0.05, 0) is 50.0 Å². The van der Waals surface area contributed by atoms with Gasteiger partial charge in [0.1, 0.15) is 11.9 Å². The molecule has 1 N–H and O–H groups in total. The first-order valence-electron chi connectivity index (χ1n) is 8.51. The average Bonchev–Trinajstić information content (AvgIpc) is 3.06. The number of nitrogens with zero attached hydrogens (tertiary/aromatic N) is 2. The van der Waals surface area contributed by atoms with E-state index in [4.69, 9.17) is 4.74 Å². The lowest BCUT2D eigenvalue weighted by molar-refractivity contribution is -0.384. The van der Waals surface area contributed by atoms with Crippen molar-refractivity contribution in [3.63, 3.8) is 0 Å². The summed E-state index contributed by atoms with van der Waals surface area (Å²) in [5.74, 6) is 0.204. The predicted molar refractivity (Wildman–Crippen MR) is 96.9 cm³/mol. The Hall–Kier alpha value is -2.22. The standard InChI is InChI=1S/C17H21N3O4S/c1-2-24-15(21)9-11-3-5-12(6-4-11)19-16-14(20(22)23)10-18-13-7-8-25-17(13)16/h7-8,10-12H,2-6,9H2,1H3,(H,18,19). The van der Waals surface area contributed by atoms with Crippen LogP contribution in [0.25, 0.3) is 10.2 Å². The van der Waals surface area contributed by atoms with Crippen molar-refractivity contribution >= 4 is 38.9 Å². The van der Waals surface area contributed by atoms with Crippen LogP contribution in [0.15, 0.2) is 17.6 Å². The van der Waals surface area contributed by atoms with Gasteiger partial charge in [-0.15, -0.1) is 11.3 Å². The molecule has 1 aliphatic rings. The molecule has 7 nitrogen and oxygen atoms in total. The van der Waals surface area contributed by atoms with Gasteiger partial charge in [0, 0.05) is 12.5 Å². The molecule has 0 spiro atoms. The van der Waals surface area contributed by atoms with Gasteiger partial charge in [-0.3, -0.25) is 14.9 Å². The van der Waals surface area contributed by atoms with Gasteiger partial charge in [0.05, 0.1) is 21.7 Å². The first-order valence-corrected chi connectivity index (χ1v) is 9.39. The van der Waals surface area contributed by atoms with Crippen molar-refractivity contribution in [1.82, 2.24) is 4.98 Å². The third-order valence-electron chi connectivity index (χ3n) is 4.61. The number of hydrogen-bond donors (Lipinski definition) is 1. The molecular formula is C17H21N3O4S. The minimum atomic E-state index is -0.388. The minimum Gasteiger partial charge on any atom is -0.466 e. The van der Waals surface area contributed by atoms with Crippen LogP contribution in [0.1, 0.15) is 39.0 Å². The second-order valence-electron chi connectivity index (χ2n) is 6.28. The zero-order chi connectivity index (χ0) is 17.8. The molecule has 0 bridgehead atoms. The molecule has 2 aromatic rings. The van der Waals surface area contributed by atoms with Gasteiger partial charge in [-0.1, -0.05) is 0 Å². The number of hydrogen-bond acceptors (Lipinski definition) is 7.